The van der Waals surface area contributed by atoms with E-state index in [1.165, 1.54) is 10.6 Å². The zero-order valence-corrected chi connectivity index (χ0v) is 11.7. The normalized spacial score (nSPS) is 10.7. The number of hydrogen-bond acceptors (Lipinski definition) is 3. The molecule has 0 atom stereocenters. The van der Waals surface area contributed by atoms with Crippen molar-refractivity contribution in [1.29, 1.82) is 5.26 Å². The van der Waals surface area contributed by atoms with E-state index >= 15 is 0 Å². The highest BCUT2D eigenvalue weighted by atomic mass is 79.9. The third kappa shape index (κ3) is 1.84. The van der Waals surface area contributed by atoms with E-state index in [9.17, 15) is 4.39 Å². The first-order chi connectivity index (χ1) is 9.61. The molecule has 0 saturated carbocycles. The molecule has 3 aromatic rings. The molecule has 20 heavy (non-hydrogen) atoms. The smallest absolute Gasteiger partial charge is 0.206 e. The Hall–Kier alpha value is -2.39. The van der Waals surface area contributed by atoms with Crippen LogP contribution >= 0.6 is 15.9 Å². The number of fused-ring (bicyclic) bond motifs is 1. The second kappa shape index (κ2) is 4.62. The standard InChI is InChI=1S/C14H8BrFN4/c15-9-4-5-11(10(16)6-9)20-12-3-1-2-8(7-17)13(12)19-14(20)18/h1-6H,(H2,18,19). The zero-order valence-electron chi connectivity index (χ0n) is 10.1. The number of rotatable bonds is 1. The van der Waals surface area contributed by atoms with E-state index in [1.54, 1.807) is 30.3 Å². The molecule has 4 nitrogen and oxygen atoms in total. The van der Waals surface area contributed by atoms with Crippen molar-refractivity contribution in [3.05, 3.63) is 52.3 Å². The molecule has 98 valence electrons. The monoisotopic (exact) mass is 330 g/mol. The number of nitrogens with zero attached hydrogens (tertiary/aromatic N) is 3. The van der Waals surface area contributed by atoms with Crippen LogP contribution in [0.3, 0.4) is 0 Å². The predicted octanol–water partition coefficient (Wildman–Crippen LogP) is 3.38. The van der Waals surface area contributed by atoms with Crippen molar-refractivity contribution in [2.24, 2.45) is 0 Å². The molecular weight excluding hydrogens is 323 g/mol. The fraction of sp³-hybridized carbons (Fsp3) is 0. The lowest BCUT2D eigenvalue weighted by molar-refractivity contribution is 0.619. The fourth-order valence-corrected chi connectivity index (χ4v) is 2.46. The van der Waals surface area contributed by atoms with Crippen LogP contribution in [0.15, 0.2) is 40.9 Å². The van der Waals surface area contributed by atoms with Gasteiger partial charge in [0, 0.05) is 4.47 Å². The topological polar surface area (TPSA) is 67.6 Å². The minimum absolute atomic E-state index is 0.143. The molecule has 2 aromatic carbocycles. The number of imidazole rings is 1. The maximum atomic E-state index is 14.1. The van der Waals surface area contributed by atoms with Gasteiger partial charge >= 0.3 is 0 Å². The maximum absolute atomic E-state index is 14.1. The van der Waals surface area contributed by atoms with Crippen molar-refractivity contribution in [3.8, 4) is 11.8 Å². The van der Waals surface area contributed by atoms with Gasteiger partial charge in [0.1, 0.15) is 17.4 Å². The van der Waals surface area contributed by atoms with Gasteiger partial charge in [0.05, 0.1) is 16.8 Å². The SMILES string of the molecule is N#Cc1cccc2c1nc(N)n2-c1ccc(Br)cc1F. The Balaban J connectivity index is 2.37. The Bertz CT molecular complexity index is 863. The number of nitrogen functional groups attached to an aromatic ring is 1. The minimum atomic E-state index is -0.423. The molecule has 0 aliphatic carbocycles. The summed E-state index contributed by atoms with van der Waals surface area (Å²) in [6.07, 6.45) is 0. The van der Waals surface area contributed by atoms with Crippen LogP contribution in [0.4, 0.5) is 10.3 Å². The van der Waals surface area contributed by atoms with E-state index < -0.39 is 5.82 Å². The van der Waals surface area contributed by atoms with Crippen molar-refractivity contribution in [1.82, 2.24) is 9.55 Å². The summed E-state index contributed by atoms with van der Waals surface area (Å²) in [5.41, 5.74) is 7.65. The average Bonchev–Trinajstić information content (AvgIpc) is 2.75. The van der Waals surface area contributed by atoms with E-state index in [2.05, 4.69) is 27.0 Å². The fourth-order valence-electron chi connectivity index (χ4n) is 2.12. The Morgan fingerprint density at radius 3 is 2.80 bits per heavy atom. The summed E-state index contributed by atoms with van der Waals surface area (Å²) in [5, 5.41) is 9.08. The van der Waals surface area contributed by atoms with Gasteiger partial charge in [0.15, 0.2) is 0 Å². The van der Waals surface area contributed by atoms with Crippen LogP contribution in [0, 0.1) is 17.1 Å². The molecule has 0 fully saturated rings. The van der Waals surface area contributed by atoms with E-state index in [0.29, 0.717) is 26.8 Å². The summed E-state index contributed by atoms with van der Waals surface area (Å²) in [4.78, 5) is 4.16. The van der Waals surface area contributed by atoms with Crippen molar-refractivity contribution in [2.75, 3.05) is 5.73 Å². The lowest BCUT2D eigenvalue weighted by Gasteiger charge is -2.08. The van der Waals surface area contributed by atoms with Gasteiger partial charge in [-0.1, -0.05) is 22.0 Å². The van der Waals surface area contributed by atoms with E-state index in [4.69, 9.17) is 11.0 Å². The second-order valence-electron chi connectivity index (χ2n) is 4.19. The molecule has 0 aliphatic heterocycles. The molecular formula is C14H8BrFN4. The first kappa shape index (κ1) is 12.6. The third-order valence-corrected chi connectivity index (χ3v) is 3.48. The molecule has 0 saturated heterocycles. The summed E-state index contributed by atoms with van der Waals surface area (Å²) in [5.74, 6) is -0.281. The van der Waals surface area contributed by atoms with E-state index in [0.717, 1.165) is 0 Å². The number of benzene rings is 2. The van der Waals surface area contributed by atoms with Crippen molar-refractivity contribution < 1.29 is 4.39 Å². The summed E-state index contributed by atoms with van der Waals surface area (Å²) in [7, 11) is 0. The second-order valence-corrected chi connectivity index (χ2v) is 5.10. The molecule has 0 radical (unpaired) electrons. The Morgan fingerprint density at radius 2 is 2.10 bits per heavy atom. The Labute approximate surface area is 122 Å². The minimum Gasteiger partial charge on any atom is -0.369 e. The molecule has 0 amide bonds. The molecule has 3 rings (SSSR count). The number of para-hydroxylation sites is 1. The van der Waals surface area contributed by atoms with Crippen molar-refractivity contribution in [3.63, 3.8) is 0 Å². The average molecular weight is 331 g/mol. The number of hydrogen-bond donors (Lipinski definition) is 1. The maximum Gasteiger partial charge on any atom is 0.206 e. The van der Waals surface area contributed by atoms with Gasteiger partial charge in [-0.3, -0.25) is 4.57 Å². The highest BCUT2D eigenvalue weighted by Gasteiger charge is 2.15. The molecule has 1 aromatic heterocycles. The number of anilines is 1. The van der Waals surface area contributed by atoms with Crippen molar-refractivity contribution >= 4 is 32.9 Å². The van der Waals surface area contributed by atoms with Crippen LogP contribution in [0.25, 0.3) is 16.7 Å². The zero-order chi connectivity index (χ0) is 14.3. The number of nitrogens with two attached hydrogens (primary N) is 1. The van der Waals surface area contributed by atoms with Crippen LogP contribution < -0.4 is 5.73 Å². The molecule has 0 unspecified atom stereocenters. The molecule has 6 heteroatoms. The lowest BCUT2D eigenvalue weighted by Crippen LogP contribution is -2.02. The van der Waals surface area contributed by atoms with Crippen LogP contribution in [0.5, 0.6) is 0 Å². The summed E-state index contributed by atoms with van der Waals surface area (Å²) in [6, 6.07) is 11.9. The first-order valence-corrected chi connectivity index (χ1v) is 6.53. The van der Waals surface area contributed by atoms with Gasteiger partial charge in [-0.25, -0.2) is 9.37 Å². The first-order valence-electron chi connectivity index (χ1n) is 5.74. The molecule has 0 spiro atoms. The lowest BCUT2D eigenvalue weighted by atomic mass is 10.2. The number of nitriles is 1. The molecule has 0 aliphatic rings. The quantitative estimate of drug-likeness (QED) is 0.743. The van der Waals surface area contributed by atoms with Crippen LogP contribution in [-0.4, -0.2) is 9.55 Å². The molecule has 1 heterocycles. The van der Waals surface area contributed by atoms with E-state index in [-0.39, 0.29) is 5.95 Å². The van der Waals surface area contributed by atoms with E-state index in [1.807, 2.05) is 0 Å². The van der Waals surface area contributed by atoms with Gasteiger partial charge < -0.3 is 5.73 Å². The highest BCUT2D eigenvalue weighted by Crippen LogP contribution is 2.27. The third-order valence-electron chi connectivity index (χ3n) is 2.98. The van der Waals surface area contributed by atoms with Gasteiger partial charge in [0.2, 0.25) is 5.95 Å². The predicted molar refractivity (Wildman–Crippen MR) is 77.9 cm³/mol. The largest absolute Gasteiger partial charge is 0.369 e. The van der Waals surface area contributed by atoms with Crippen LogP contribution in [0.1, 0.15) is 5.56 Å². The summed E-state index contributed by atoms with van der Waals surface area (Å²) in [6.45, 7) is 0. The summed E-state index contributed by atoms with van der Waals surface area (Å²) >= 11 is 3.21. The Morgan fingerprint density at radius 1 is 1.30 bits per heavy atom. The Kier molecular flexibility index (Phi) is 2.92. The van der Waals surface area contributed by atoms with Crippen molar-refractivity contribution in [2.45, 2.75) is 0 Å². The van der Waals surface area contributed by atoms with Gasteiger partial charge in [-0.15, -0.1) is 0 Å². The summed E-state index contributed by atoms with van der Waals surface area (Å²) < 4.78 is 16.2. The van der Waals surface area contributed by atoms with Gasteiger partial charge in [-0.2, -0.15) is 5.26 Å². The van der Waals surface area contributed by atoms with Crippen LogP contribution in [0.2, 0.25) is 0 Å². The van der Waals surface area contributed by atoms with Gasteiger partial charge in [-0.05, 0) is 30.3 Å². The number of halogens is 2. The van der Waals surface area contributed by atoms with Crippen LogP contribution in [-0.2, 0) is 0 Å². The molecule has 2 N–H and O–H groups in total. The van der Waals surface area contributed by atoms with Gasteiger partial charge in [0.25, 0.3) is 0 Å². The highest BCUT2D eigenvalue weighted by molar-refractivity contribution is 9.10. The number of aromatic nitrogens is 2. The molecule has 0 bridgehead atoms.